The third kappa shape index (κ3) is 3.74. The molecule has 0 heterocycles. The van der Waals surface area contributed by atoms with Gasteiger partial charge >= 0.3 is 0 Å². The topological polar surface area (TPSA) is 46.2 Å². The van der Waals surface area contributed by atoms with Gasteiger partial charge in [0, 0.05) is 6.04 Å². The molecule has 3 N–H and O–H groups in total. The molecule has 2 nitrogen and oxygen atoms in total. The predicted molar refractivity (Wildman–Crippen MR) is 136 cm³/mol. The highest BCUT2D eigenvalue weighted by Crippen LogP contribution is 2.73. The average molecular weight is 444 g/mol. The Morgan fingerprint density at radius 1 is 0.844 bits per heavy atom. The molecular weight excluding hydrogens is 390 g/mol. The first kappa shape index (κ1) is 24.8. The number of fused-ring (bicyclic) bond motifs is 5. The van der Waals surface area contributed by atoms with Gasteiger partial charge in [-0.1, -0.05) is 40.2 Å². The van der Waals surface area contributed by atoms with E-state index in [4.69, 9.17) is 5.73 Å². The summed E-state index contributed by atoms with van der Waals surface area (Å²) in [6.07, 6.45) is 15.0. The van der Waals surface area contributed by atoms with Gasteiger partial charge in [-0.05, 0) is 129 Å². The van der Waals surface area contributed by atoms with E-state index in [9.17, 15) is 5.11 Å². The Kier molecular flexibility index (Phi) is 6.50. The normalized spacial score (nSPS) is 51.2. The fraction of sp³-hybridized carbons (Fsp3) is 0.933. The Bertz CT molecular complexity index is 714. The molecule has 0 aliphatic heterocycles. The van der Waals surface area contributed by atoms with Crippen molar-refractivity contribution in [2.75, 3.05) is 0 Å². The van der Waals surface area contributed by atoms with E-state index < -0.39 is 0 Å². The van der Waals surface area contributed by atoms with Crippen LogP contribution in [0.4, 0.5) is 0 Å². The largest absolute Gasteiger partial charge is 0.393 e. The Balaban J connectivity index is 1.69. The highest BCUT2D eigenvalue weighted by atomic mass is 16.3. The average Bonchev–Trinajstić information content (AvgIpc) is 2.75. The summed E-state index contributed by atoms with van der Waals surface area (Å²) in [5.41, 5.74) is 9.20. The van der Waals surface area contributed by atoms with Crippen LogP contribution in [0.5, 0.6) is 0 Å². The molecule has 9 atom stereocenters. The van der Waals surface area contributed by atoms with Crippen LogP contribution in [0.2, 0.25) is 0 Å². The van der Waals surface area contributed by atoms with E-state index in [0.29, 0.717) is 28.2 Å². The van der Waals surface area contributed by atoms with Crippen molar-refractivity contribution in [1.82, 2.24) is 0 Å². The van der Waals surface area contributed by atoms with Crippen LogP contribution in [0.1, 0.15) is 119 Å². The lowest BCUT2D eigenvalue weighted by Crippen LogP contribution is -2.64. The fourth-order valence-electron chi connectivity index (χ4n) is 10.2. The van der Waals surface area contributed by atoms with Gasteiger partial charge in [-0.15, -0.1) is 6.58 Å². The van der Waals surface area contributed by atoms with Crippen LogP contribution in [0.15, 0.2) is 12.2 Å². The number of nitrogens with two attached hydrogens (primary N) is 1. The molecule has 4 aliphatic carbocycles. The van der Waals surface area contributed by atoms with Crippen molar-refractivity contribution in [2.24, 2.45) is 51.1 Å². The summed E-state index contributed by atoms with van der Waals surface area (Å²) in [7, 11) is 0. The minimum atomic E-state index is -0.136. The van der Waals surface area contributed by atoms with E-state index in [1.54, 1.807) is 0 Å². The lowest BCUT2D eigenvalue weighted by molar-refractivity contribution is -0.227. The molecule has 0 aromatic carbocycles. The lowest BCUT2D eigenvalue weighted by atomic mass is 9.34. The monoisotopic (exact) mass is 443 g/mol. The molecule has 4 rings (SSSR count). The quantitative estimate of drug-likeness (QED) is 0.434. The van der Waals surface area contributed by atoms with Crippen LogP contribution >= 0.6 is 0 Å². The molecule has 0 aromatic heterocycles. The first-order valence-electron chi connectivity index (χ1n) is 13.9. The minimum Gasteiger partial charge on any atom is -0.393 e. The van der Waals surface area contributed by atoms with E-state index >= 15 is 0 Å². The van der Waals surface area contributed by atoms with Gasteiger partial charge in [0.2, 0.25) is 0 Å². The first-order valence-corrected chi connectivity index (χ1v) is 13.9. The van der Waals surface area contributed by atoms with Gasteiger partial charge in [0.05, 0.1) is 6.10 Å². The predicted octanol–water partition coefficient (Wildman–Crippen LogP) is 7.50. The SMILES string of the molecule is C=C(C)CC1CCC(N)CCC2(C)C(CCC3C4(C)CCC(O)C(C)(C)C4CCC32C)C1. The minimum absolute atomic E-state index is 0.0411. The first-order chi connectivity index (χ1) is 14.8. The van der Waals surface area contributed by atoms with E-state index in [-0.39, 0.29) is 11.5 Å². The Morgan fingerprint density at radius 3 is 2.22 bits per heavy atom. The zero-order valence-electron chi connectivity index (χ0n) is 22.2. The van der Waals surface area contributed by atoms with Crippen LogP contribution in [0.3, 0.4) is 0 Å². The summed E-state index contributed by atoms with van der Waals surface area (Å²) in [6, 6.07) is 0.359. The molecular formula is C30H53NO. The van der Waals surface area contributed by atoms with Crippen LogP contribution in [0.25, 0.3) is 0 Å². The summed E-state index contributed by atoms with van der Waals surface area (Å²) in [6.45, 7) is 19.2. The van der Waals surface area contributed by atoms with Crippen molar-refractivity contribution in [3.63, 3.8) is 0 Å². The molecule has 4 aliphatic rings. The van der Waals surface area contributed by atoms with Crippen molar-refractivity contribution in [3.8, 4) is 0 Å². The molecule has 32 heavy (non-hydrogen) atoms. The van der Waals surface area contributed by atoms with Crippen LogP contribution < -0.4 is 5.73 Å². The van der Waals surface area contributed by atoms with E-state index in [1.165, 1.54) is 76.2 Å². The van der Waals surface area contributed by atoms with Crippen molar-refractivity contribution < 1.29 is 5.11 Å². The van der Waals surface area contributed by atoms with Gasteiger partial charge in [0.25, 0.3) is 0 Å². The van der Waals surface area contributed by atoms with Crippen LogP contribution in [-0.2, 0) is 0 Å². The maximum absolute atomic E-state index is 10.9. The smallest absolute Gasteiger partial charge is 0.0594 e. The summed E-state index contributed by atoms with van der Waals surface area (Å²) in [5, 5.41) is 10.9. The highest BCUT2D eigenvalue weighted by Gasteiger charge is 2.66. The van der Waals surface area contributed by atoms with Gasteiger partial charge in [-0.25, -0.2) is 0 Å². The molecule has 4 fully saturated rings. The van der Waals surface area contributed by atoms with E-state index in [2.05, 4.69) is 48.1 Å². The number of hydrogen-bond donors (Lipinski definition) is 2. The van der Waals surface area contributed by atoms with E-state index in [1.807, 2.05) is 0 Å². The van der Waals surface area contributed by atoms with Gasteiger partial charge in [-0.3, -0.25) is 0 Å². The molecule has 4 saturated carbocycles. The van der Waals surface area contributed by atoms with Crippen LogP contribution in [0, 0.1) is 45.3 Å². The number of aliphatic hydroxyl groups excluding tert-OH is 1. The molecule has 0 aromatic rings. The number of aliphatic hydroxyl groups is 1. The molecule has 2 heteroatoms. The van der Waals surface area contributed by atoms with Crippen molar-refractivity contribution >= 4 is 0 Å². The van der Waals surface area contributed by atoms with Crippen LogP contribution in [-0.4, -0.2) is 17.3 Å². The van der Waals surface area contributed by atoms with Gasteiger partial charge < -0.3 is 10.8 Å². The second kappa shape index (κ2) is 8.40. The van der Waals surface area contributed by atoms with Gasteiger partial charge in [0.15, 0.2) is 0 Å². The van der Waals surface area contributed by atoms with E-state index in [0.717, 1.165) is 24.2 Å². The zero-order chi connectivity index (χ0) is 23.5. The van der Waals surface area contributed by atoms with Crippen molar-refractivity contribution in [2.45, 2.75) is 131 Å². The lowest BCUT2D eigenvalue weighted by Gasteiger charge is -2.70. The second-order valence-corrected chi connectivity index (χ2v) is 14.3. The van der Waals surface area contributed by atoms with Crippen molar-refractivity contribution in [3.05, 3.63) is 12.2 Å². The van der Waals surface area contributed by atoms with Gasteiger partial charge in [-0.2, -0.15) is 0 Å². The summed E-state index contributed by atoms with van der Waals surface area (Å²) < 4.78 is 0. The number of allylic oxidation sites excluding steroid dienone is 1. The number of rotatable bonds is 2. The molecule has 0 amide bonds. The second-order valence-electron chi connectivity index (χ2n) is 14.3. The Labute approximate surface area is 199 Å². The summed E-state index contributed by atoms with van der Waals surface area (Å²) >= 11 is 0. The standard InChI is InChI=1S/C30H53NO/c1-20(2)18-21-8-10-23(31)12-16-29(6)22(19-21)9-11-25-28(5)15-14-26(32)27(3,4)24(28)13-17-30(25,29)7/h21-26,32H,1,8-19,31H2,2-7H3. The molecule has 0 radical (unpaired) electrons. The summed E-state index contributed by atoms with van der Waals surface area (Å²) in [5.74, 6) is 3.00. The maximum atomic E-state index is 10.9. The molecule has 0 spiro atoms. The summed E-state index contributed by atoms with van der Waals surface area (Å²) in [4.78, 5) is 0. The van der Waals surface area contributed by atoms with Crippen molar-refractivity contribution in [1.29, 1.82) is 0 Å². The third-order valence-corrected chi connectivity index (χ3v) is 12.3. The maximum Gasteiger partial charge on any atom is 0.0594 e. The highest BCUT2D eigenvalue weighted by molar-refractivity contribution is 5.15. The third-order valence-electron chi connectivity index (χ3n) is 12.3. The molecule has 9 unspecified atom stereocenters. The Morgan fingerprint density at radius 2 is 1.53 bits per heavy atom. The molecule has 0 bridgehead atoms. The van der Waals surface area contributed by atoms with Gasteiger partial charge in [0.1, 0.15) is 0 Å². The fourth-order valence-corrected chi connectivity index (χ4v) is 10.2. The Hall–Kier alpha value is -0.340. The molecule has 0 saturated heterocycles. The number of hydrogen-bond acceptors (Lipinski definition) is 2. The zero-order valence-corrected chi connectivity index (χ0v) is 22.2. The molecule has 184 valence electrons.